The van der Waals surface area contributed by atoms with Gasteiger partial charge in [-0.1, -0.05) is 11.6 Å². The van der Waals surface area contributed by atoms with Crippen LogP contribution in [-0.2, 0) is 0 Å². The number of piperidine rings is 2. The van der Waals surface area contributed by atoms with Crippen LogP contribution in [0.3, 0.4) is 0 Å². The maximum atomic E-state index is 13.8. The lowest BCUT2D eigenvalue weighted by Crippen LogP contribution is -2.67. The van der Waals surface area contributed by atoms with Gasteiger partial charge in [0, 0.05) is 29.5 Å². The van der Waals surface area contributed by atoms with Gasteiger partial charge in [-0.25, -0.2) is 4.98 Å². The van der Waals surface area contributed by atoms with E-state index in [0.717, 1.165) is 42.9 Å². The molecule has 2 aliphatic heterocycles. The Morgan fingerprint density at radius 3 is 2.65 bits per heavy atom. The molecule has 1 amide bonds. The lowest BCUT2D eigenvalue weighted by molar-refractivity contribution is -0.0490. The predicted octanol–water partition coefficient (Wildman–Crippen LogP) is 4.04. The van der Waals surface area contributed by atoms with Crippen LogP contribution in [0.4, 0.5) is 5.69 Å². The number of nitrogens with one attached hydrogen (secondary N) is 1. The van der Waals surface area contributed by atoms with Crippen LogP contribution in [0.5, 0.6) is 0 Å². The van der Waals surface area contributed by atoms with Crippen LogP contribution in [0.25, 0.3) is 5.69 Å². The predicted molar refractivity (Wildman–Crippen MR) is 120 cm³/mol. The number of rotatable bonds is 5. The molecule has 4 heterocycles. The minimum atomic E-state index is -0.199. The summed E-state index contributed by atoms with van der Waals surface area (Å²) >= 11 is 6.01. The highest BCUT2D eigenvalue weighted by Gasteiger charge is 2.54. The molecule has 2 saturated heterocycles. The SMILES string of the molecule is Cc1ccc(-n2ncc(C)n2)c(C(=O)N2CCC3CC2(CNc2ccc(Cl)cc2)C3)n1. The summed E-state index contributed by atoms with van der Waals surface area (Å²) in [7, 11) is 0. The first kappa shape index (κ1) is 20.0. The molecule has 0 spiro atoms. The number of fused-ring (bicyclic) bond motifs is 2. The summed E-state index contributed by atoms with van der Waals surface area (Å²) in [5.74, 6) is 0.640. The van der Waals surface area contributed by atoms with Crippen LogP contribution in [-0.4, -0.2) is 49.4 Å². The first-order valence-corrected chi connectivity index (χ1v) is 11.0. The van der Waals surface area contributed by atoms with E-state index in [0.29, 0.717) is 28.9 Å². The molecule has 1 aliphatic carbocycles. The number of benzene rings is 1. The van der Waals surface area contributed by atoms with E-state index in [4.69, 9.17) is 11.6 Å². The maximum absolute atomic E-state index is 13.8. The molecule has 6 rings (SSSR count). The molecule has 3 aliphatic rings. The first-order valence-electron chi connectivity index (χ1n) is 10.6. The van der Waals surface area contributed by atoms with Crippen LogP contribution in [0, 0.1) is 19.8 Å². The van der Waals surface area contributed by atoms with Gasteiger partial charge in [-0.2, -0.15) is 10.2 Å². The van der Waals surface area contributed by atoms with Gasteiger partial charge in [0.25, 0.3) is 5.91 Å². The highest BCUT2D eigenvalue weighted by atomic mass is 35.5. The highest BCUT2D eigenvalue weighted by Crippen LogP contribution is 2.49. The van der Waals surface area contributed by atoms with Gasteiger partial charge in [0.2, 0.25) is 0 Å². The van der Waals surface area contributed by atoms with E-state index in [1.165, 1.54) is 4.80 Å². The minimum absolute atomic E-state index is 0.0512. The number of anilines is 1. The van der Waals surface area contributed by atoms with Gasteiger partial charge in [0.15, 0.2) is 5.69 Å². The number of aromatic nitrogens is 4. The largest absolute Gasteiger partial charge is 0.383 e. The molecule has 0 unspecified atom stereocenters. The zero-order valence-corrected chi connectivity index (χ0v) is 18.4. The van der Waals surface area contributed by atoms with Gasteiger partial charge in [-0.15, -0.1) is 4.80 Å². The lowest BCUT2D eigenvalue weighted by Gasteiger charge is -2.59. The van der Waals surface area contributed by atoms with Gasteiger partial charge in [0.05, 0.1) is 17.4 Å². The van der Waals surface area contributed by atoms with Crippen molar-refractivity contribution in [2.75, 3.05) is 18.4 Å². The summed E-state index contributed by atoms with van der Waals surface area (Å²) in [6, 6.07) is 11.4. The molecule has 160 valence electrons. The van der Waals surface area contributed by atoms with E-state index in [1.807, 2.05) is 55.1 Å². The first-order chi connectivity index (χ1) is 14.9. The molecule has 0 radical (unpaired) electrons. The summed E-state index contributed by atoms with van der Waals surface area (Å²) in [4.78, 5) is 21.9. The summed E-state index contributed by atoms with van der Waals surface area (Å²) < 4.78 is 0. The Hall–Kier alpha value is -2.93. The van der Waals surface area contributed by atoms with Crippen molar-refractivity contribution in [3.05, 3.63) is 64.7 Å². The van der Waals surface area contributed by atoms with Crippen LogP contribution in [0.1, 0.15) is 41.1 Å². The Kier molecular flexibility index (Phi) is 4.93. The molecule has 1 N–H and O–H groups in total. The third-order valence-electron chi connectivity index (χ3n) is 6.42. The second kappa shape index (κ2) is 7.64. The van der Waals surface area contributed by atoms with Crippen LogP contribution < -0.4 is 5.32 Å². The van der Waals surface area contributed by atoms with Gasteiger partial charge >= 0.3 is 0 Å². The van der Waals surface area contributed by atoms with E-state index < -0.39 is 0 Å². The smallest absolute Gasteiger partial charge is 0.275 e. The molecule has 3 aromatic rings. The Labute approximate surface area is 186 Å². The number of aryl methyl sites for hydroxylation is 2. The topological polar surface area (TPSA) is 75.9 Å². The minimum Gasteiger partial charge on any atom is -0.383 e. The quantitative estimate of drug-likeness (QED) is 0.653. The number of carbonyl (C=O) groups excluding carboxylic acids is 1. The number of halogens is 1. The average Bonchev–Trinajstić information content (AvgIpc) is 3.18. The summed E-state index contributed by atoms with van der Waals surface area (Å²) in [6.45, 7) is 5.22. The summed E-state index contributed by atoms with van der Waals surface area (Å²) in [5.41, 5.74) is 3.43. The van der Waals surface area contributed by atoms with E-state index in [2.05, 4.69) is 20.5 Å². The normalized spacial score (nSPS) is 22.2. The summed E-state index contributed by atoms with van der Waals surface area (Å²) in [5, 5.41) is 12.9. The molecule has 2 aromatic heterocycles. The zero-order valence-electron chi connectivity index (χ0n) is 17.7. The van der Waals surface area contributed by atoms with Crippen LogP contribution in [0.2, 0.25) is 5.02 Å². The Morgan fingerprint density at radius 2 is 1.94 bits per heavy atom. The molecule has 2 bridgehead atoms. The van der Waals surface area contributed by atoms with Crippen molar-refractivity contribution in [3.63, 3.8) is 0 Å². The molecular weight excluding hydrogens is 412 g/mol. The third-order valence-corrected chi connectivity index (χ3v) is 6.67. The standard InChI is InChI=1S/C23H25ClN6O/c1-15-3-8-20(30-26-13-16(2)28-30)21(27-15)22(31)29-10-9-17-11-23(29,12-17)14-25-19-6-4-18(24)5-7-19/h3-8,13,17,25H,9-12,14H2,1-2H3. The second-order valence-corrected chi connectivity index (χ2v) is 9.14. The van der Waals surface area contributed by atoms with Gasteiger partial charge in [-0.3, -0.25) is 4.79 Å². The van der Waals surface area contributed by atoms with Crippen molar-refractivity contribution in [1.82, 2.24) is 24.9 Å². The van der Waals surface area contributed by atoms with Crippen molar-refractivity contribution < 1.29 is 4.79 Å². The van der Waals surface area contributed by atoms with Crippen molar-refractivity contribution in [3.8, 4) is 5.69 Å². The fourth-order valence-corrected chi connectivity index (χ4v) is 4.96. The molecule has 1 aromatic carbocycles. The van der Waals surface area contributed by atoms with Gasteiger partial charge in [-0.05, 0) is 75.4 Å². The molecule has 8 heteroatoms. The fraction of sp³-hybridized carbons (Fsp3) is 0.391. The van der Waals surface area contributed by atoms with Crippen molar-refractivity contribution in [2.24, 2.45) is 5.92 Å². The fourth-order valence-electron chi connectivity index (χ4n) is 4.83. The van der Waals surface area contributed by atoms with E-state index >= 15 is 0 Å². The average molecular weight is 437 g/mol. The van der Waals surface area contributed by atoms with Crippen molar-refractivity contribution in [1.29, 1.82) is 0 Å². The Balaban J connectivity index is 1.44. The number of pyridine rings is 1. The molecule has 3 fully saturated rings. The van der Waals surface area contributed by atoms with Crippen LogP contribution >= 0.6 is 11.6 Å². The van der Waals surface area contributed by atoms with Crippen LogP contribution in [0.15, 0.2) is 42.6 Å². The van der Waals surface area contributed by atoms with Gasteiger partial charge in [0.1, 0.15) is 5.69 Å². The van der Waals surface area contributed by atoms with E-state index in [-0.39, 0.29) is 11.4 Å². The van der Waals surface area contributed by atoms with E-state index in [9.17, 15) is 4.79 Å². The molecule has 1 saturated carbocycles. The second-order valence-electron chi connectivity index (χ2n) is 8.70. The van der Waals surface area contributed by atoms with Gasteiger partial charge < -0.3 is 10.2 Å². The number of hydrogen-bond donors (Lipinski definition) is 1. The van der Waals surface area contributed by atoms with Crippen molar-refractivity contribution in [2.45, 2.75) is 38.6 Å². The monoisotopic (exact) mass is 436 g/mol. The number of carbonyl (C=O) groups is 1. The molecule has 31 heavy (non-hydrogen) atoms. The molecular formula is C23H25ClN6O. The zero-order chi connectivity index (χ0) is 21.6. The summed E-state index contributed by atoms with van der Waals surface area (Å²) in [6.07, 6.45) is 4.75. The maximum Gasteiger partial charge on any atom is 0.275 e. The number of amides is 1. The Morgan fingerprint density at radius 1 is 1.16 bits per heavy atom. The number of hydrogen-bond acceptors (Lipinski definition) is 5. The molecule has 0 atom stereocenters. The van der Waals surface area contributed by atoms with E-state index in [1.54, 1.807) is 6.20 Å². The third kappa shape index (κ3) is 3.67. The number of nitrogens with zero attached hydrogens (tertiary/aromatic N) is 5. The Bertz CT molecular complexity index is 1120. The van der Waals surface area contributed by atoms with Crippen molar-refractivity contribution >= 4 is 23.2 Å². The highest BCUT2D eigenvalue weighted by molar-refractivity contribution is 6.30. The molecule has 7 nitrogen and oxygen atoms in total. The lowest BCUT2D eigenvalue weighted by atomic mass is 9.62.